The first-order valence-electron chi connectivity index (χ1n) is 9.12. The first-order valence-corrected chi connectivity index (χ1v) is 9.87. The second kappa shape index (κ2) is 8.84. The molecule has 8 heteroatoms. The van der Waals surface area contributed by atoms with Gasteiger partial charge in [0, 0.05) is 25.7 Å². The number of carbonyl (C=O) groups excluding carboxylic acids is 3. The molecule has 2 aromatic rings. The number of nitrogens with zero attached hydrogens (tertiary/aromatic N) is 2. The highest BCUT2D eigenvalue weighted by atomic mass is 35.5. The molecule has 152 valence electrons. The number of amides is 3. The molecule has 0 aliphatic carbocycles. The fourth-order valence-electron chi connectivity index (χ4n) is 3.25. The minimum atomic E-state index is -0.495. The van der Waals surface area contributed by atoms with Crippen molar-refractivity contribution in [1.82, 2.24) is 4.90 Å². The highest BCUT2D eigenvalue weighted by molar-refractivity contribution is 6.39. The van der Waals surface area contributed by atoms with Crippen LogP contribution in [0, 0.1) is 12.8 Å². The van der Waals surface area contributed by atoms with E-state index in [1.807, 2.05) is 31.2 Å². The highest BCUT2D eigenvalue weighted by Crippen LogP contribution is 2.30. The topological polar surface area (TPSA) is 69.7 Å². The van der Waals surface area contributed by atoms with Gasteiger partial charge in [-0.25, -0.2) is 0 Å². The predicted octanol–water partition coefficient (Wildman–Crippen LogP) is 3.75. The van der Waals surface area contributed by atoms with E-state index in [4.69, 9.17) is 23.2 Å². The summed E-state index contributed by atoms with van der Waals surface area (Å²) in [6, 6.07) is 12.5. The maximum absolute atomic E-state index is 12.8. The molecule has 0 radical (unpaired) electrons. The number of halogens is 2. The van der Waals surface area contributed by atoms with Crippen molar-refractivity contribution < 1.29 is 14.4 Å². The Morgan fingerprint density at radius 1 is 1.14 bits per heavy atom. The first-order chi connectivity index (χ1) is 13.8. The van der Waals surface area contributed by atoms with Gasteiger partial charge >= 0.3 is 0 Å². The SMILES string of the molecule is Cc1ccc(N2CC(C(=O)N(C)CC(=O)Nc3c(Cl)cccc3Cl)CC2=O)cc1. The zero-order valence-electron chi connectivity index (χ0n) is 16.1. The van der Waals surface area contributed by atoms with Gasteiger partial charge in [0.15, 0.2) is 0 Å². The van der Waals surface area contributed by atoms with Crippen molar-refractivity contribution >= 4 is 52.3 Å². The lowest BCUT2D eigenvalue weighted by atomic mass is 10.1. The fraction of sp³-hybridized carbons (Fsp3) is 0.286. The summed E-state index contributed by atoms with van der Waals surface area (Å²) >= 11 is 12.1. The predicted molar refractivity (Wildman–Crippen MR) is 114 cm³/mol. The van der Waals surface area contributed by atoms with Crippen LogP contribution in [-0.4, -0.2) is 42.8 Å². The highest BCUT2D eigenvalue weighted by Gasteiger charge is 2.36. The van der Waals surface area contributed by atoms with Gasteiger partial charge in [0.05, 0.1) is 28.2 Å². The van der Waals surface area contributed by atoms with Gasteiger partial charge < -0.3 is 15.1 Å². The second-order valence-corrected chi connectivity index (χ2v) is 7.89. The van der Waals surface area contributed by atoms with E-state index >= 15 is 0 Å². The van der Waals surface area contributed by atoms with Gasteiger partial charge in [-0.15, -0.1) is 0 Å². The molecule has 1 aliphatic heterocycles. The summed E-state index contributed by atoms with van der Waals surface area (Å²) in [5, 5.41) is 3.26. The smallest absolute Gasteiger partial charge is 0.244 e. The van der Waals surface area contributed by atoms with Gasteiger partial charge in [-0.1, -0.05) is 47.0 Å². The summed E-state index contributed by atoms with van der Waals surface area (Å²) in [6.07, 6.45) is 0.120. The number of aryl methyl sites for hydroxylation is 1. The number of benzene rings is 2. The zero-order chi connectivity index (χ0) is 21.1. The molecule has 0 saturated carbocycles. The Morgan fingerprint density at radius 3 is 2.38 bits per heavy atom. The van der Waals surface area contributed by atoms with Crippen LogP contribution in [0.1, 0.15) is 12.0 Å². The van der Waals surface area contributed by atoms with Crippen molar-refractivity contribution in [2.24, 2.45) is 5.92 Å². The number of carbonyl (C=O) groups is 3. The largest absolute Gasteiger partial charge is 0.336 e. The van der Waals surface area contributed by atoms with Crippen LogP contribution in [0.25, 0.3) is 0 Å². The number of likely N-dealkylation sites (N-methyl/N-ethyl adjacent to an activating group) is 1. The average molecular weight is 434 g/mol. The number of anilines is 2. The normalized spacial score (nSPS) is 16.1. The van der Waals surface area contributed by atoms with Gasteiger partial charge in [-0.3, -0.25) is 14.4 Å². The maximum Gasteiger partial charge on any atom is 0.244 e. The molecule has 1 N–H and O–H groups in total. The van der Waals surface area contributed by atoms with E-state index < -0.39 is 11.8 Å². The van der Waals surface area contributed by atoms with Crippen LogP contribution in [0.15, 0.2) is 42.5 Å². The molecule has 2 aromatic carbocycles. The Hall–Kier alpha value is -2.57. The zero-order valence-corrected chi connectivity index (χ0v) is 17.6. The Kier molecular flexibility index (Phi) is 6.45. The van der Waals surface area contributed by atoms with Crippen molar-refractivity contribution in [3.63, 3.8) is 0 Å². The molecule has 0 bridgehead atoms. The Labute approximate surface area is 179 Å². The monoisotopic (exact) mass is 433 g/mol. The van der Waals surface area contributed by atoms with Gasteiger partial charge in [0.1, 0.15) is 0 Å². The van der Waals surface area contributed by atoms with E-state index in [2.05, 4.69) is 5.32 Å². The van der Waals surface area contributed by atoms with E-state index in [1.54, 1.807) is 23.1 Å². The van der Waals surface area contributed by atoms with Crippen molar-refractivity contribution in [2.45, 2.75) is 13.3 Å². The summed E-state index contributed by atoms with van der Waals surface area (Å²) in [5.41, 5.74) is 2.17. The average Bonchev–Trinajstić information content (AvgIpc) is 3.06. The Bertz CT molecular complexity index is 926. The third-order valence-electron chi connectivity index (χ3n) is 4.80. The fourth-order valence-corrected chi connectivity index (χ4v) is 3.74. The molecule has 0 aromatic heterocycles. The van der Waals surface area contributed by atoms with Crippen LogP contribution in [0.4, 0.5) is 11.4 Å². The molecule has 1 saturated heterocycles. The lowest BCUT2D eigenvalue weighted by Gasteiger charge is -2.21. The van der Waals surface area contributed by atoms with E-state index in [9.17, 15) is 14.4 Å². The lowest BCUT2D eigenvalue weighted by molar-refractivity contribution is -0.137. The van der Waals surface area contributed by atoms with E-state index in [-0.39, 0.29) is 24.8 Å². The quantitative estimate of drug-likeness (QED) is 0.780. The maximum atomic E-state index is 12.8. The number of nitrogens with one attached hydrogen (secondary N) is 1. The van der Waals surface area contributed by atoms with Gasteiger partial charge in [0.2, 0.25) is 17.7 Å². The van der Waals surface area contributed by atoms with Crippen LogP contribution < -0.4 is 10.2 Å². The summed E-state index contributed by atoms with van der Waals surface area (Å²) in [5.74, 6) is -1.28. The number of para-hydroxylation sites is 1. The molecule has 1 atom stereocenters. The van der Waals surface area contributed by atoms with Gasteiger partial charge in [-0.2, -0.15) is 0 Å². The first kappa shape index (κ1) is 21.1. The number of hydrogen-bond acceptors (Lipinski definition) is 3. The standard InChI is InChI=1S/C21H21Cl2N3O3/c1-13-6-8-15(9-7-13)26-11-14(10-19(26)28)21(29)25(2)12-18(27)24-20-16(22)4-3-5-17(20)23/h3-9,14H,10-12H2,1-2H3,(H,24,27). The van der Waals surface area contributed by atoms with Crippen molar-refractivity contribution in [3.05, 3.63) is 58.1 Å². The van der Waals surface area contributed by atoms with Crippen LogP contribution in [0.2, 0.25) is 10.0 Å². The molecule has 1 aliphatic rings. The van der Waals surface area contributed by atoms with Crippen molar-refractivity contribution in [1.29, 1.82) is 0 Å². The van der Waals surface area contributed by atoms with E-state index in [1.165, 1.54) is 11.9 Å². The third-order valence-corrected chi connectivity index (χ3v) is 5.43. The van der Waals surface area contributed by atoms with Crippen LogP contribution in [0.3, 0.4) is 0 Å². The number of rotatable bonds is 5. The molecular weight excluding hydrogens is 413 g/mol. The lowest BCUT2D eigenvalue weighted by Crippen LogP contribution is -2.39. The van der Waals surface area contributed by atoms with Crippen LogP contribution in [-0.2, 0) is 14.4 Å². The Balaban J connectivity index is 1.60. The summed E-state index contributed by atoms with van der Waals surface area (Å²) in [7, 11) is 1.54. The summed E-state index contributed by atoms with van der Waals surface area (Å²) in [6.45, 7) is 2.09. The second-order valence-electron chi connectivity index (χ2n) is 7.08. The molecule has 0 spiro atoms. The molecule has 3 rings (SSSR count). The van der Waals surface area contributed by atoms with Crippen LogP contribution >= 0.6 is 23.2 Å². The third kappa shape index (κ3) is 4.89. The molecule has 3 amide bonds. The summed E-state index contributed by atoms with van der Waals surface area (Å²) in [4.78, 5) is 40.4. The minimum absolute atomic E-state index is 0.104. The molecular formula is C21H21Cl2N3O3. The van der Waals surface area contributed by atoms with Crippen LogP contribution in [0.5, 0.6) is 0 Å². The van der Waals surface area contributed by atoms with Gasteiger partial charge in [0.25, 0.3) is 0 Å². The van der Waals surface area contributed by atoms with E-state index in [0.717, 1.165) is 11.3 Å². The molecule has 1 heterocycles. The minimum Gasteiger partial charge on any atom is -0.336 e. The van der Waals surface area contributed by atoms with Crippen molar-refractivity contribution in [2.75, 3.05) is 30.4 Å². The van der Waals surface area contributed by atoms with Gasteiger partial charge in [-0.05, 0) is 31.2 Å². The molecule has 29 heavy (non-hydrogen) atoms. The summed E-state index contributed by atoms with van der Waals surface area (Å²) < 4.78 is 0. The Morgan fingerprint density at radius 2 is 1.76 bits per heavy atom. The molecule has 6 nitrogen and oxygen atoms in total. The number of hydrogen-bond donors (Lipinski definition) is 1. The van der Waals surface area contributed by atoms with Crippen molar-refractivity contribution in [3.8, 4) is 0 Å². The molecule has 1 fully saturated rings. The van der Waals surface area contributed by atoms with E-state index in [0.29, 0.717) is 22.3 Å². The molecule has 1 unspecified atom stereocenters.